The minimum absolute atomic E-state index is 0.117. The smallest absolute Gasteiger partial charge is 0.141 e. The van der Waals surface area contributed by atoms with E-state index in [-0.39, 0.29) is 5.82 Å². The molecule has 5 heteroatoms. The third-order valence-corrected chi connectivity index (χ3v) is 3.24. The fourth-order valence-corrected chi connectivity index (χ4v) is 2.29. The number of aryl methyl sites for hydroxylation is 2. The summed E-state index contributed by atoms with van der Waals surface area (Å²) in [5, 5.41) is 7.52. The van der Waals surface area contributed by atoms with Gasteiger partial charge in [0, 0.05) is 12.6 Å². The van der Waals surface area contributed by atoms with Gasteiger partial charge in [0.15, 0.2) is 0 Å². The lowest BCUT2D eigenvalue weighted by molar-refractivity contribution is 0.489. The van der Waals surface area contributed by atoms with Crippen LogP contribution in [-0.2, 0) is 13.1 Å². The zero-order valence-corrected chi connectivity index (χ0v) is 12.4. The summed E-state index contributed by atoms with van der Waals surface area (Å²) in [6.45, 7) is 9.07. The Kier molecular flexibility index (Phi) is 4.49. The van der Waals surface area contributed by atoms with Crippen molar-refractivity contribution in [3.8, 4) is 0 Å². The predicted molar refractivity (Wildman–Crippen MR) is 76.8 cm³/mol. The van der Waals surface area contributed by atoms with Crippen LogP contribution in [0, 0.1) is 19.7 Å². The van der Waals surface area contributed by atoms with Crippen LogP contribution >= 0.6 is 0 Å². The van der Waals surface area contributed by atoms with Gasteiger partial charge in [0.25, 0.3) is 0 Å². The van der Waals surface area contributed by atoms with Gasteiger partial charge in [-0.25, -0.2) is 14.1 Å². The van der Waals surface area contributed by atoms with E-state index in [2.05, 4.69) is 29.2 Å². The first-order valence-corrected chi connectivity index (χ1v) is 6.83. The van der Waals surface area contributed by atoms with Crippen molar-refractivity contribution >= 4 is 0 Å². The molecule has 0 radical (unpaired) electrons. The highest BCUT2D eigenvalue weighted by molar-refractivity contribution is 5.30. The second-order valence-electron chi connectivity index (χ2n) is 5.36. The third-order valence-electron chi connectivity index (χ3n) is 3.24. The molecule has 1 heterocycles. The molecule has 1 aromatic carbocycles. The van der Waals surface area contributed by atoms with Gasteiger partial charge in [-0.1, -0.05) is 12.1 Å². The SMILES string of the molecule is Cc1cc(CNCc2ncnn2C(C)C)cc(C)c1F. The van der Waals surface area contributed by atoms with Gasteiger partial charge in [0.1, 0.15) is 18.0 Å². The van der Waals surface area contributed by atoms with E-state index >= 15 is 0 Å². The molecule has 0 aliphatic heterocycles. The summed E-state index contributed by atoms with van der Waals surface area (Å²) in [6, 6.07) is 4.05. The number of hydrogen-bond acceptors (Lipinski definition) is 3. The van der Waals surface area contributed by atoms with Gasteiger partial charge in [-0.3, -0.25) is 0 Å². The fourth-order valence-electron chi connectivity index (χ4n) is 2.29. The van der Waals surface area contributed by atoms with Crippen LogP contribution < -0.4 is 5.32 Å². The second kappa shape index (κ2) is 6.13. The summed E-state index contributed by atoms with van der Waals surface area (Å²) in [5.74, 6) is 0.795. The van der Waals surface area contributed by atoms with E-state index in [0.29, 0.717) is 30.3 Å². The summed E-state index contributed by atoms with van der Waals surface area (Å²) in [4.78, 5) is 4.25. The summed E-state index contributed by atoms with van der Waals surface area (Å²) < 4.78 is 15.5. The third kappa shape index (κ3) is 3.22. The number of rotatable bonds is 5. The first kappa shape index (κ1) is 14.7. The maximum absolute atomic E-state index is 13.6. The monoisotopic (exact) mass is 276 g/mol. The Morgan fingerprint density at radius 1 is 1.20 bits per heavy atom. The highest BCUT2D eigenvalue weighted by Gasteiger charge is 2.08. The first-order chi connectivity index (χ1) is 9.49. The lowest BCUT2D eigenvalue weighted by Gasteiger charge is -2.11. The standard InChI is InChI=1S/C15H21FN4/c1-10(2)20-14(18-9-19-20)8-17-7-13-5-11(3)15(16)12(4)6-13/h5-6,9-10,17H,7-8H2,1-4H3. The van der Waals surface area contributed by atoms with Crippen LogP contribution in [-0.4, -0.2) is 14.8 Å². The maximum atomic E-state index is 13.6. The Labute approximate surface area is 119 Å². The molecule has 0 unspecified atom stereocenters. The average Bonchev–Trinajstić information content (AvgIpc) is 2.84. The van der Waals surface area contributed by atoms with E-state index in [0.717, 1.165) is 11.4 Å². The van der Waals surface area contributed by atoms with E-state index in [1.165, 1.54) is 0 Å². The summed E-state index contributed by atoms with van der Waals surface area (Å²) >= 11 is 0. The first-order valence-electron chi connectivity index (χ1n) is 6.83. The molecule has 0 atom stereocenters. The van der Waals surface area contributed by atoms with E-state index in [1.807, 2.05) is 16.8 Å². The molecule has 2 aromatic rings. The van der Waals surface area contributed by atoms with Crippen molar-refractivity contribution in [2.24, 2.45) is 0 Å². The normalized spacial score (nSPS) is 11.3. The molecule has 0 saturated carbocycles. The summed E-state index contributed by atoms with van der Waals surface area (Å²) in [6.07, 6.45) is 1.57. The van der Waals surface area contributed by atoms with Crippen LogP contribution in [0.3, 0.4) is 0 Å². The Balaban J connectivity index is 1.98. The molecule has 1 aromatic heterocycles. The summed E-state index contributed by atoms with van der Waals surface area (Å²) in [5.41, 5.74) is 2.45. The van der Waals surface area contributed by atoms with Crippen LogP contribution in [0.1, 0.15) is 42.4 Å². The van der Waals surface area contributed by atoms with Crippen LogP contribution in [0.25, 0.3) is 0 Å². The number of aromatic nitrogens is 3. The van der Waals surface area contributed by atoms with E-state index < -0.39 is 0 Å². The van der Waals surface area contributed by atoms with Crippen LogP contribution in [0.15, 0.2) is 18.5 Å². The predicted octanol–water partition coefficient (Wildman–Crippen LogP) is 2.90. The van der Waals surface area contributed by atoms with Crippen LogP contribution in [0.5, 0.6) is 0 Å². The molecule has 0 aliphatic rings. The van der Waals surface area contributed by atoms with Gasteiger partial charge in [0.05, 0.1) is 6.54 Å². The lowest BCUT2D eigenvalue weighted by atomic mass is 10.1. The Bertz CT molecular complexity index is 566. The number of benzene rings is 1. The molecule has 108 valence electrons. The molecule has 0 bridgehead atoms. The Morgan fingerprint density at radius 2 is 1.85 bits per heavy atom. The number of hydrogen-bond donors (Lipinski definition) is 1. The highest BCUT2D eigenvalue weighted by atomic mass is 19.1. The van der Waals surface area contributed by atoms with Gasteiger partial charge >= 0.3 is 0 Å². The molecule has 0 aliphatic carbocycles. The van der Waals surface area contributed by atoms with E-state index in [4.69, 9.17) is 0 Å². The molecular weight excluding hydrogens is 255 g/mol. The molecule has 0 spiro atoms. The van der Waals surface area contributed by atoms with Crippen molar-refractivity contribution in [3.63, 3.8) is 0 Å². The van der Waals surface area contributed by atoms with Crippen molar-refractivity contribution in [2.45, 2.75) is 46.8 Å². The molecule has 0 fully saturated rings. The van der Waals surface area contributed by atoms with Crippen molar-refractivity contribution in [3.05, 3.63) is 46.8 Å². The quantitative estimate of drug-likeness (QED) is 0.913. The van der Waals surface area contributed by atoms with Gasteiger partial charge in [-0.05, 0) is 44.4 Å². The molecular formula is C15H21FN4. The highest BCUT2D eigenvalue weighted by Crippen LogP contribution is 2.14. The minimum Gasteiger partial charge on any atom is -0.306 e. The topological polar surface area (TPSA) is 42.7 Å². The molecule has 4 nitrogen and oxygen atoms in total. The second-order valence-corrected chi connectivity index (χ2v) is 5.36. The fraction of sp³-hybridized carbons (Fsp3) is 0.467. The van der Waals surface area contributed by atoms with Gasteiger partial charge < -0.3 is 5.32 Å². The molecule has 2 rings (SSSR count). The van der Waals surface area contributed by atoms with Gasteiger partial charge in [-0.15, -0.1) is 0 Å². The maximum Gasteiger partial charge on any atom is 0.141 e. The number of nitrogens with zero attached hydrogens (tertiary/aromatic N) is 3. The van der Waals surface area contributed by atoms with Crippen LogP contribution in [0.4, 0.5) is 4.39 Å². The van der Waals surface area contributed by atoms with Gasteiger partial charge in [0.2, 0.25) is 0 Å². The van der Waals surface area contributed by atoms with Crippen molar-refractivity contribution in [2.75, 3.05) is 0 Å². The number of nitrogens with one attached hydrogen (secondary N) is 1. The molecule has 20 heavy (non-hydrogen) atoms. The minimum atomic E-state index is -0.117. The van der Waals surface area contributed by atoms with Gasteiger partial charge in [-0.2, -0.15) is 5.10 Å². The van der Waals surface area contributed by atoms with E-state index in [1.54, 1.807) is 20.2 Å². The average molecular weight is 276 g/mol. The van der Waals surface area contributed by atoms with Crippen LogP contribution in [0.2, 0.25) is 0 Å². The van der Waals surface area contributed by atoms with Crippen molar-refractivity contribution < 1.29 is 4.39 Å². The molecule has 0 amide bonds. The Hall–Kier alpha value is -1.75. The molecule has 0 saturated heterocycles. The van der Waals surface area contributed by atoms with Crippen molar-refractivity contribution in [1.82, 2.24) is 20.1 Å². The number of halogens is 1. The molecule has 1 N–H and O–H groups in total. The van der Waals surface area contributed by atoms with E-state index in [9.17, 15) is 4.39 Å². The zero-order chi connectivity index (χ0) is 14.7. The van der Waals surface area contributed by atoms with Crippen molar-refractivity contribution in [1.29, 1.82) is 0 Å². The Morgan fingerprint density at radius 3 is 2.45 bits per heavy atom. The zero-order valence-electron chi connectivity index (χ0n) is 12.4. The summed E-state index contributed by atoms with van der Waals surface area (Å²) in [7, 11) is 0. The largest absolute Gasteiger partial charge is 0.306 e. The lowest BCUT2D eigenvalue weighted by Crippen LogP contribution is -2.18.